The first-order valence-electron chi connectivity index (χ1n) is 7.73. The highest BCUT2D eigenvalue weighted by Gasteiger charge is 2.22. The first-order chi connectivity index (χ1) is 10.8. The minimum absolute atomic E-state index is 0.172. The van der Waals surface area contributed by atoms with Crippen LogP contribution in [0.15, 0.2) is 40.9 Å². The zero-order chi connectivity index (χ0) is 16.4. The van der Waals surface area contributed by atoms with Crippen LogP contribution in [0, 0.1) is 0 Å². The summed E-state index contributed by atoms with van der Waals surface area (Å²) in [5, 5.41) is 6.85. The second-order valence-electron chi connectivity index (χ2n) is 4.54. The standard InChI is InChI=1S/C14H14N2O2.C2H6.CH5N/c17-14(15-11-7-4-8-11)13-9-12(16-18-13)10-5-2-1-3-6-10;2*1-2/h1-3,5-6,9,11H,4,7-8H2,(H,15,17);1-2H3;2H2,1H3. The fraction of sp³-hybridized carbons (Fsp3) is 0.412. The van der Waals surface area contributed by atoms with Crippen LogP contribution in [0.1, 0.15) is 43.7 Å². The molecule has 1 aliphatic rings. The number of benzene rings is 1. The summed E-state index contributed by atoms with van der Waals surface area (Å²) >= 11 is 0. The zero-order valence-electron chi connectivity index (χ0n) is 13.5. The van der Waals surface area contributed by atoms with E-state index in [0.717, 1.165) is 18.4 Å². The molecule has 5 nitrogen and oxygen atoms in total. The monoisotopic (exact) mass is 303 g/mol. The van der Waals surface area contributed by atoms with Crippen molar-refractivity contribution in [3.63, 3.8) is 0 Å². The number of nitrogens with one attached hydrogen (secondary N) is 1. The average molecular weight is 303 g/mol. The van der Waals surface area contributed by atoms with Gasteiger partial charge in [0, 0.05) is 17.7 Å². The molecular formula is C17H25N3O2. The molecule has 0 aliphatic heterocycles. The van der Waals surface area contributed by atoms with Crippen LogP contribution < -0.4 is 11.1 Å². The highest BCUT2D eigenvalue weighted by molar-refractivity contribution is 5.92. The molecule has 0 radical (unpaired) electrons. The Kier molecular flexibility index (Phi) is 7.92. The van der Waals surface area contributed by atoms with Gasteiger partial charge in [0.2, 0.25) is 5.76 Å². The van der Waals surface area contributed by atoms with Crippen molar-refractivity contribution >= 4 is 5.91 Å². The smallest absolute Gasteiger partial charge is 0.290 e. The van der Waals surface area contributed by atoms with E-state index in [1.54, 1.807) is 6.07 Å². The van der Waals surface area contributed by atoms with E-state index in [9.17, 15) is 4.79 Å². The third-order valence-corrected chi connectivity index (χ3v) is 3.24. The molecule has 120 valence electrons. The second-order valence-corrected chi connectivity index (χ2v) is 4.54. The molecule has 2 aromatic rings. The SMILES string of the molecule is CC.CN.O=C(NC1CCC1)c1cc(-c2ccccc2)no1. The summed E-state index contributed by atoms with van der Waals surface area (Å²) in [6, 6.07) is 11.7. The lowest BCUT2D eigenvalue weighted by Crippen LogP contribution is -2.39. The Hall–Kier alpha value is -2.14. The number of hydrogen-bond acceptors (Lipinski definition) is 4. The normalized spacial score (nSPS) is 12.9. The van der Waals surface area contributed by atoms with Crippen LogP contribution >= 0.6 is 0 Å². The Morgan fingerprint density at radius 3 is 2.41 bits per heavy atom. The topological polar surface area (TPSA) is 81.2 Å². The summed E-state index contributed by atoms with van der Waals surface area (Å²) in [4.78, 5) is 11.8. The predicted octanol–water partition coefficient (Wildman–Crippen LogP) is 3.23. The molecule has 0 bridgehead atoms. The van der Waals surface area contributed by atoms with Gasteiger partial charge >= 0.3 is 0 Å². The maximum atomic E-state index is 11.8. The molecule has 1 aromatic heterocycles. The van der Waals surface area contributed by atoms with E-state index >= 15 is 0 Å². The maximum absolute atomic E-state index is 11.8. The summed E-state index contributed by atoms with van der Waals surface area (Å²) in [6.07, 6.45) is 3.31. The number of rotatable bonds is 3. The first kappa shape index (κ1) is 17.9. The van der Waals surface area contributed by atoms with Gasteiger partial charge in [0.15, 0.2) is 0 Å². The lowest BCUT2D eigenvalue weighted by molar-refractivity contribution is 0.0879. The third kappa shape index (κ3) is 4.70. The maximum Gasteiger partial charge on any atom is 0.290 e. The Labute approximate surface area is 131 Å². The molecule has 1 amide bonds. The van der Waals surface area contributed by atoms with Crippen LogP contribution in [-0.2, 0) is 0 Å². The number of nitrogens with two attached hydrogens (primary N) is 1. The molecular weight excluding hydrogens is 278 g/mol. The van der Waals surface area contributed by atoms with Crippen molar-refractivity contribution in [1.82, 2.24) is 10.5 Å². The van der Waals surface area contributed by atoms with Crippen LogP contribution in [0.5, 0.6) is 0 Å². The highest BCUT2D eigenvalue weighted by atomic mass is 16.5. The number of carbonyl (C=O) groups is 1. The number of carbonyl (C=O) groups excluding carboxylic acids is 1. The van der Waals surface area contributed by atoms with Gasteiger partial charge in [0.25, 0.3) is 5.91 Å². The van der Waals surface area contributed by atoms with Crippen LogP contribution in [0.25, 0.3) is 11.3 Å². The van der Waals surface area contributed by atoms with Crippen LogP contribution in [0.4, 0.5) is 0 Å². The van der Waals surface area contributed by atoms with Crippen LogP contribution in [-0.4, -0.2) is 24.2 Å². The van der Waals surface area contributed by atoms with Gasteiger partial charge in [-0.2, -0.15) is 0 Å². The van der Waals surface area contributed by atoms with Gasteiger partial charge in [0.05, 0.1) is 0 Å². The molecule has 22 heavy (non-hydrogen) atoms. The average Bonchev–Trinajstić information content (AvgIpc) is 3.05. The van der Waals surface area contributed by atoms with Crippen molar-refractivity contribution in [2.24, 2.45) is 5.73 Å². The Bertz CT molecular complexity index is 548. The highest BCUT2D eigenvalue weighted by Crippen LogP contribution is 2.21. The van der Waals surface area contributed by atoms with Gasteiger partial charge in [0.1, 0.15) is 5.69 Å². The van der Waals surface area contributed by atoms with Crippen molar-refractivity contribution in [3.05, 3.63) is 42.2 Å². The van der Waals surface area contributed by atoms with E-state index in [4.69, 9.17) is 4.52 Å². The molecule has 1 aromatic carbocycles. The summed E-state index contributed by atoms with van der Waals surface area (Å²) in [6.45, 7) is 4.00. The quantitative estimate of drug-likeness (QED) is 0.912. The summed E-state index contributed by atoms with van der Waals surface area (Å²) in [5.41, 5.74) is 6.14. The number of amides is 1. The van der Waals surface area contributed by atoms with Gasteiger partial charge in [-0.3, -0.25) is 4.79 Å². The molecule has 1 heterocycles. The Morgan fingerprint density at radius 2 is 1.86 bits per heavy atom. The molecule has 3 N–H and O–H groups in total. The molecule has 1 saturated carbocycles. The summed E-state index contributed by atoms with van der Waals surface area (Å²) < 4.78 is 5.09. The summed E-state index contributed by atoms with van der Waals surface area (Å²) in [5.74, 6) is 0.107. The molecule has 3 rings (SSSR count). The van der Waals surface area contributed by atoms with Crippen molar-refractivity contribution in [3.8, 4) is 11.3 Å². The van der Waals surface area contributed by atoms with Crippen molar-refractivity contribution in [2.45, 2.75) is 39.2 Å². The van der Waals surface area contributed by atoms with Gasteiger partial charge in [-0.15, -0.1) is 0 Å². The number of nitrogens with zero attached hydrogens (tertiary/aromatic N) is 1. The number of aromatic nitrogens is 1. The third-order valence-electron chi connectivity index (χ3n) is 3.24. The molecule has 0 unspecified atom stereocenters. The van der Waals surface area contributed by atoms with Crippen LogP contribution in [0.2, 0.25) is 0 Å². The van der Waals surface area contributed by atoms with E-state index in [1.807, 2.05) is 44.2 Å². The van der Waals surface area contributed by atoms with E-state index in [2.05, 4.69) is 16.2 Å². The lowest BCUT2D eigenvalue weighted by atomic mass is 9.93. The molecule has 5 heteroatoms. The van der Waals surface area contributed by atoms with Crippen molar-refractivity contribution in [2.75, 3.05) is 7.05 Å². The minimum Gasteiger partial charge on any atom is -0.350 e. The van der Waals surface area contributed by atoms with Gasteiger partial charge in [-0.05, 0) is 26.3 Å². The molecule has 0 saturated heterocycles. The van der Waals surface area contributed by atoms with E-state index in [-0.39, 0.29) is 11.7 Å². The summed E-state index contributed by atoms with van der Waals surface area (Å²) in [7, 11) is 1.50. The van der Waals surface area contributed by atoms with Crippen molar-refractivity contribution < 1.29 is 9.32 Å². The van der Waals surface area contributed by atoms with E-state index in [0.29, 0.717) is 11.7 Å². The molecule has 1 aliphatic carbocycles. The first-order valence-corrected chi connectivity index (χ1v) is 7.73. The van der Waals surface area contributed by atoms with Gasteiger partial charge in [-0.1, -0.05) is 49.3 Å². The zero-order valence-corrected chi connectivity index (χ0v) is 13.5. The molecule has 0 atom stereocenters. The Balaban J connectivity index is 0.000000561. The lowest BCUT2D eigenvalue weighted by Gasteiger charge is -2.25. The van der Waals surface area contributed by atoms with E-state index < -0.39 is 0 Å². The predicted molar refractivity (Wildman–Crippen MR) is 88.5 cm³/mol. The fourth-order valence-corrected chi connectivity index (χ4v) is 1.94. The van der Waals surface area contributed by atoms with Crippen LogP contribution in [0.3, 0.4) is 0 Å². The second kappa shape index (κ2) is 9.73. The minimum atomic E-state index is -0.172. The number of hydrogen-bond donors (Lipinski definition) is 2. The fourth-order valence-electron chi connectivity index (χ4n) is 1.94. The molecule has 0 spiro atoms. The van der Waals surface area contributed by atoms with E-state index in [1.165, 1.54) is 13.5 Å². The van der Waals surface area contributed by atoms with Gasteiger partial charge in [-0.25, -0.2) is 0 Å². The molecule has 1 fully saturated rings. The largest absolute Gasteiger partial charge is 0.350 e. The Morgan fingerprint density at radius 1 is 1.23 bits per heavy atom. The van der Waals surface area contributed by atoms with Crippen molar-refractivity contribution in [1.29, 1.82) is 0 Å². The van der Waals surface area contributed by atoms with Gasteiger partial charge < -0.3 is 15.6 Å².